The Hall–Kier alpha value is -2.07. The Morgan fingerprint density at radius 2 is 2.11 bits per heavy atom. The standard InChI is InChI=1S/C15H15FN2O/c1-10-6-13(16)3-2-11(10)8-15(19)12-4-5-18-14(7-12)9-17/h2-7H,8-9,17H2,1H3. The molecule has 0 aliphatic rings. The Morgan fingerprint density at radius 1 is 1.32 bits per heavy atom. The van der Waals surface area contributed by atoms with Gasteiger partial charge in [-0.25, -0.2) is 4.39 Å². The molecule has 0 unspecified atom stereocenters. The molecule has 2 N–H and O–H groups in total. The molecule has 2 rings (SSSR count). The highest BCUT2D eigenvalue weighted by Crippen LogP contribution is 2.14. The summed E-state index contributed by atoms with van der Waals surface area (Å²) in [5.41, 5.74) is 8.37. The molecule has 1 aromatic carbocycles. The molecule has 98 valence electrons. The van der Waals surface area contributed by atoms with Crippen molar-refractivity contribution in [1.29, 1.82) is 0 Å². The lowest BCUT2D eigenvalue weighted by Crippen LogP contribution is -2.07. The maximum absolute atomic E-state index is 13.0. The maximum atomic E-state index is 13.0. The first-order valence-corrected chi connectivity index (χ1v) is 6.03. The number of nitrogens with zero attached hydrogens (tertiary/aromatic N) is 1. The third-order valence-electron chi connectivity index (χ3n) is 3.00. The molecule has 0 saturated heterocycles. The summed E-state index contributed by atoms with van der Waals surface area (Å²) < 4.78 is 13.0. The smallest absolute Gasteiger partial charge is 0.167 e. The number of pyridine rings is 1. The molecule has 0 bridgehead atoms. The highest BCUT2D eigenvalue weighted by molar-refractivity contribution is 5.97. The van der Waals surface area contributed by atoms with E-state index in [1.54, 1.807) is 31.3 Å². The summed E-state index contributed by atoms with van der Waals surface area (Å²) in [6.07, 6.45) is 1.83. The second kappa shape index (κ2) is 5.71. The number of benzene rings is 1. The highest BCUT2D eigenvalue weighted by Gasteiger charge is 2.10. The molecular weight excluding hydrogens is 243 g/mol. The summed E-state index contributed by atoms with van der Waals surface area (Å²) in [6, 6.07) is 7.81. The first-order chi connectivity index (χ1) is 9.10. The lowest BCUT2D eigenvalue weighted by atomic mass is 9.99. The van der Waals surface area contributed by atoms with Crippen molar-refractivity contribution < 1.29 is 9.18 Å². The zero-order chi connectivity index (χ0) is 13.8. The third-order valence-corrected chi connectivity index (χ3v) is 3.00. The van der Waals surface area contributed by atoms with Gasteiger partial charge in [0.1, 0.15) is 5.82 Å². The van der Waals surface area contributed by atoms with Crippen LogP contribution < -0.4 is 5.73 Å². The quantitative estimate of drug-likeness (QED) is 0.857. The monoisotopic (exact) mass is 258 g/mol. The average molecular weight is 258 g/mol. The largest absolute Gasteiger partial charge is 0.325 e. The van der Waals surface area contributed by atoms with E-state index in [1.165, 1.54) is 12.1 Å². The number of Topliss-reactive ketones (excluding diaryl/α,β-unsaturated/α-hetero) is 1. The van der Waals surface area contributed by atoms with Gasteiger partial charge in [-0.15, -0.1) is 0 Å². The summed E-state index contributed by atoms with van der Waals surface area (Å²) >= 11 is 0. The topological polar surface area (TPSA) is 56.0 Å². The molecule has 19 heavy (non-hydrogen) atoms. The summed E-state index contributed by atoms with van der Waals surface area (Å²) in [7, 11) is 0. The van der Waals surface area contributed by atoms with Crippen molar-refractivity contribution in [3.8, 4) is 0 Å². The summed E-state index contributed by atoms with van der Waals surface area (Å²) in [4.78, 5) is 16.2. The van der Waals surface area contributed by atoms with Gasteiger partial charge < -0.3 is 5.73 Å². The Balaban J connectivity index is 2.20. The van der Waals surface area contributed by atoms with E-state index in [4.69, 9.17) is 5.73 Å². The number of aromatic nitrogens is 1. The maximum Gasteiger partial charge on any atom is 0.167 e. The van der Waals surface area contributed by atoms with Crippen LogP contribution in [0.4, 0.5) is 4.39 Å². The summed E-state index contributed by atoms with van der Waals surface area (Å²) in [5, 5.41) is 0. The van der Waals surface area contributed by atoms with E-state index < -0.39 is 0 Å². The average Bonchev–Trinajstić information content (AvgIpc) is 2.42. The van der Waals surface area contributed by atoms with Crippen molar-refractivity contribution in [3.63, 3.8) is 0 Å². The number of rotatable bonds is 4. The van der Waals surface area contributed by atoms with Crippen molar-refractivity contribution >= 4 is 5.78 Å². The molecule has 1 aromatic heterocycles. The van der Waals surface area contributed by atoms with Crippen LogP contribution in [0.15, 0.2) is 36.5 Å². The predicted octanol–water partition coefficient (Wildman–Crippen LogP) is 2.41. The number of hydrogen-bond donors (Lipinski definition) is 1. The van der Waals surface area contributed by atoms with Crippen molar-refractivity contribution in [2.45, 2.75) is 19.9 Å². The van der Waals surface area contributed by atoms with Crippen molar-refractivity contribution in [3.05, 3.63) is 64.7 Å². The zero-order valence-corrected chi connectivity index (χ0v) is 10.7. The third kappa shape index (κ3) is 3.23. The Kier molecular flexibility index (Phi) is 4.02. The zero-order valence-electron chi connectivity index (χ0n) is 10.7. The molecule has 0 aliphatic heterocycles. The van der Waals surface area contributed by atoms with E-state index in [0.29, 0.717) is 17.8 Å². The molecule has 0 aliphatic carbocycles. The number of hydrogen-bond acceptors (Lipinski definition) is 3. The number of carbonyl (C=O) groups excluding carboxylic acids is 1. The van der Waals surface area contributed by atoms with Crippen LogP contribution >= 0.6 is 0 Å². The van der Waals surface area contributed by atoms with E-state index in [1.807, 2.05) is 0 Å². The minimum atomic E-state index is -0.289. The van der Waals surface area contributed by atoms with Gasteiger partial charge in [0, 0.05) is 24.7 Å². The molecule has 1 heterocycles. The molecule has 0 atom stereocenters. The second-order valence-electron chi connectivity index (χ2n) is 4.41. The molecule has 3 nitrogen and oxygen atoms in total. The fraction of sp³-hybridized carbons (Fsp3) is 0.200. The Labute approximate surface area is 111 Å². The number of nitrogens with two attached hydrogens (primary N) is 1. The van der Waals surface area contributed by atoms with Crippen molar-refractivity contribution in [2.24, 2.45) is 5.73 Å². The lowest BCUT2D eigenvalue weighted by molar-refractivity contribution is 0.0992. The molecule has 2 aromatic rings. The molecular formula is C15H15FN2O. The first-order valence-electron chi connectivity index (χ1n) is 6.03. The summed E-state index contributed by atoms with van der Waals surface area (Å²) in [6.45, 7) is 2.10. The van der Waals surface area contributed by atoms with Crippen LogP contribution in [0.1, 0.15) is 27.2 Å². The van der Waals surface area contributed by atoms with E-state index >= 15 is 0 Å². The summed E-state index contributed by atoms with van der Waals surface area (Å²) in [5.74, 6) is -0.310. The van der Waals surface area contributed by atoms with E-state index in [9.17, 15) is 9.18 Å². The molecule has 0 spiro atoms. The predicted molar refractivity (Wildman–Crippen MR) is 71.3 cm³/mol. The molecule has 0 saturated carbocycles. The van der Waals surface area contributed by atoms with E-state index in [2.05, 4.69) is 4.98 Å². The fourth-order valence-corrected chi connectivity index (χ4v) is 1.90. The molecule has 0 amide bonds. The van der Waals surface area contributed by atoms with Gasteiger partial charge in [-0.3, -0.25) is 9.78 Å². The minimum Gasteiger partial charge on any atom is -0.325 e. The van der Waals surface area contributed by atoms with Crippen LogP contribution in [0, 0.1) is 12.7 Å². The van der Waals surface area contributed by atoms with Crippen LogP contribution in [0.3, 0.4) is 0 Å². The highest BCUT2D eigenvalue weighted by atomic mass is 19.1. The minimum absolute atomic E-state index is 0.0215. The fourth-order valence-electron chi connectivity index (χ4n) is 1.90. The lowest BCUT2D eigenvalue weighted by Gasteiger charge is -2.06. The van der Waals surface area contributed by atoms with Crippen molar-refractivity contribution in [2.75, 3.05) is 0 Å². The van der Waals surface area contributed by atoms with Crippen LogP contribution in [0.25, 0.3) is 0 Å². The van der Waals surface area contributed by atoms with E-state index in [-0.39, 0.29) is 18.0 Å². The first kappa shape index (κ1) is 13.4. The van der Waals surface area contributed by atoms with Gasteiger partial charge >= 0.3 is 0 Å². The SMILES string of the molecule is Cc1cc(F)ccc1CC(=O)c1ccnc(CN)c1. The van der Waals surface area contributed by atoms with E-state index in [0.717, 1.165) is 11.1 Å². The second-order valence-corrected chi connectivity index (χ2v) is 4.41. The van der Waals surface area contributed by atoms with Gasteiger partial charge in [-0.2, -0.15) is 0 Å². The number of carbonyl (C=O) groups is 1. The van der Waals surface area contributed by atoms with Crippen LogP contribution in [0.5, 0.6) is 0 Å². The molecule has 0 radical (unpaired) electrons. The van der Waals surface area contributed by atoms with Gasteiger partial charge in [0.15, 0.2) is 5.78 Å². The Bertz CT molecular complexity index is 611. The van der Waals surface area contributed by atoms with Crippen molar-refractivity contribution in [1.82, 2.24) is 4.98 Å². The van der Waals surface area contributed by atoms with Crippen LogP contribution in [-0.4, -0.2) is 10.8 Å². The molecule has 4 heteroatoms. The van der Waals surface area contributed by atoms with Gasteiger partial charge in [-0.1, -0.05) is 6.07 Å². The van der Waals surface area contributed by atoms with Gasteiger partial charge in [-0.05, 0) is 42.3 Å². The van der Waals surface area contributed by atoms with Crippen LogP contribution in [-0.2, 0) is 13.0 Å². The van der Waals surface area contributed by atoms with Crippen LogP contribution in [0.2, 0.25) is 0 Å². The van der Waals surface area contributed by atoms with Gasteiger partial charge in [0.2, 0.25) is 0 Å². The normalized spacial score (nSPS) is 10.5. The Morgan fingerprint density at radius 3 is 2.79 bits per heavy atom. The number of aryl methyl sites for hydroxylation is 1. The molecule has 0 fully saturated rings. The van der Waals surface area contributed by atoms with Gasteiger partial charge in [0.25, 0.3) is 0 Å². The van der Waals surface area contributed by atoms with Gasteiger partial charge in [0.05, 0.1) is 5.69 Å². The number of ketones is 1. The number of halogens is 1.